The molecular formula is C30H38FN5O4. The minimum atomic E-state index is -1.27. The number of aromatic nitrogens is 2. The van der Waals surface area contributed by atoms with Crippen molar-refractivity contribution in [3.63, 3.8) is 0 Å². The van der Waals surface area contributed by atoms with E-state index in [9.17, 15) is 9.59 Å². The first-order valence-corrected chi connectivity index (χ1v) is 14.4. The Morgan fingerprint density at radius 2 is 2.08 bits per heavy atom. The summed E-state index contributed by atoms with van der Waals surface area (Å²) < 4.78 is 30.2. The molecule has 8 unspecified atom stereocenters. The number of carbonyl (C=O) groups is 2. The number of imidazole rings is 1. The van der Waals surface area contributed by atoms with E-state index in [4.69, 9.17) is 9.47 Å². The molecule has 6 rings (SSSR count). The third kappa shape index (κ3) is 5.32. The van der Waals surface area contributed by atoms with E-state index in [2.05, 4.69) is 20.5 Å². The fraction of sp³-hybridized carbons (Fsp3) is 0.567. The van der Waals surface area contributed by atoms with E-state index < -0.39 is 30.1 Å². The Morgan fingerprint density at radius 1 is 1.23 bits per heavy atom. The molecular weight excluding hydrogens is 513 g/mol. The molecule has 0 radical (unpaired) electrons. The molecule has 4 aliphatic rings. The van der Waals surface area contributed by atoms with Crippen molar-refractivity contribution in [2.24, 2.45) is 5.92 Å². The molecule has 2 aromatic rings. The molecule has 9 nitrogen and oxygen atoms in total. The van der Waals surface area contributed by atoms with Crippen molar-refractivity contribution in [2.45, 2.75) is 87.8 Å². The van der Waals surface area contributed by atoms with E-state index >= 15 is 4.39 Å². The first-order chi connectivity index (χ1) is 19.5. The van der Waals surface area contributed by atoms with Gasteiger partial charge in [0.2, 0.25) is 0 Å². The predicted molar refractivity (Wildman–Crippen MR) is 146 cm³/mol. The number of ketones is 1. The third-order valence-electron chi connectivity index (χ3n) is 9.03. The van der Waals surface area contributed by atoms with Crippen molar-refractivity contribution in [1.82, 2.24) is 25.1 Å². The van der Waals surface area contributed by atoms with E-state index in [1.54, 1.807) is 25.8 Å². The number of rotatable bonds is 9. The topological polar surface area (TPSA) is 97.7 Å². The Hall–Kier alpha value is -3.08. The van der Waals surface area contributed by atoms with Gasteiger partial charge < -0.3 is 29.6 Å². The lowest BCUT2D eigenvalue weighted by Crippen LogP contribution is -2.73. The molecule has 2 aliphatic heterocycles. The number of aryl methyl sites for hydroxylation is 1. The summed E-state index contributed by atoms with van der Waals surface area (Å²) in [6.07, 6.45) is 8.59. The summed E-state index contributed by atoms with van der Waals surface area (Å²) in [4.78, 5) is 33.3. The number of nitrogens with one attached hydrogen (secondary N) is 2. The molecule has 1 aromatic carbocycles. The van der Waals surface area contributed by atoms with E-state index in [1.165, 1.54) is 0 Å². The van der Waals surface area contributed by atoms with Crippen LogP contribution in [0.1, 0.15) is 37.7 Å². The lowest BCUT2D eigenvalue weighted by Gasteiger charge is -2.59. The van der Waals surface area contributed by atoms with Crippen LogP contribution in [0.2, 0.25) is 0 Å². The number of hydrogen-bond donors (Lipinski definition) is 2. The summed E-state index contributed by atoms with van der Waals surface area (Å²) in [5, 5.41) is 6.33. The van der Waals surface area contributed by atoms with Gasteiger partial charge in [0, 0.05) is 51.1 Å². The van der Waals surface area contributed by atoms with Crippen molar-refractivity contribution in [1.29, 1.82) is 0 Å². The van der Waals surface area contributed by atoms with E-state index in [1.807, 2.05) is 41.1 Å². The number of carbonyl (C=O) groups excluding carboxylic acids is 2. The van der Waals surface area contributed by atoms with Crippen LogP contribution in [0.15, 0.2) is 60.8 Å². The van der Waals surface area contributed by atoms with Crippen molar-refractivity contribution in [3.05, 3.63) is 66.4 Å². The lowest BCUT2D eigenvalue weighted by atomic mass is 9.69. The van der Waals surface area contributed by atoms with Crippen LogP contribution < -0.4 is 10.6 Å². The van der Waals surface area contributed by atoms with Crippen LogP contribution in [0.3, 0.4) is 0 Å². The molecule has 2 N–H and O–H groups in total. The zero-order valence-electron chi connectivity index (χ0n) is 22.8. The van der Waals surface area contributed by atoms with Gasteiger partial charge in [-0.3, -0.25) is 9.59 Å². The molecule has 2 aliphatic carbocycles. The van der Waals surface area contributed by atoms with Gasteiger partial charge in [-0.2, -0.15) is 0 Å². The molecule has 2 saturated carbocycles. The van der Waals surface area contributed by atoms with Crippen LogP contribution in [0.5, 0.6) is 0 Å². The quantitative estimate of drug-likeness (QED) is 0.365. The number of benzene rings is 1. The van der Waals surface area contributed by atoms with Gasteiger partial charge in [0.15, 0.2) is 5.78 Å². The Kier molecular flexibility index (Phi) is 8.00. The molecule has 1 amide bonds. The molecule has 3 heterocycles. The zero-order chi connectivity index (χ0) is 27.6. The normalized spacial score (nSPS) is 33.1. The minimum absolute atomic E-state index is 0.0122. The number of morpholine rings is 1. The van der Waals surface area contributed by atoms with E-state index in [0.717, 1.165) is 31.4 Å². The maximum Gasteiger partial charge on any atom is 0.256 e. The largest absolute Gasteiger partial charge is 0.381 e. The Morgan fingerprint density at radius 3 is 2.85 bits per heavy atom. The molecule has 1 saturated heterocycles. The molecule has 40 heavy (non-hydrogen) atoms. The summed E-state index contributed by atoms with van der Waals surface area (Å²) in [7, 11) is 1.71. The fourth-order valence-electron chi connectivity index (χ4n) is 7.01. The standard InChI is InChI=1S/C30H38FN5O4/c1-39-20-8-9-24-25(14-20)40-29-26(33-10-5-12-35-13-11-32-18-35)23(31)15-21-27(29)36(24)17-22(28(21)37)30(38)34-16-19-6-3-2-4-7-19/h2-4,6-7,11,13,17-18,20-21,23-27,29,33H,5,8-10,12,14-16H2,1H3,(H,34,38). The smallest absolute Gasteiger partial charge is 0.256 e. The highest BCUT2D eigenvalue weighted by molar-refractivity contribution is 6.20. The van der Waals surface area contributed by atoms with E-state index in [-0.39, 0.29) is 42.1 Å². The van der Waals surface area contributed by atoms with Crippen molar-refractivity contribution in [2.75, 3.05) is 13.7 Å². The molecule has 3 fully saturated rings. The second kappa shape index (κ2) is 11.8. The van der Waals surface area contributed by atoms with Crippen molar-refractivity contribution < 1.29 is 23.5 Å². The highest BCUT2D eigenvalue weighted by Gasteiger charge is 2.58. The SMILES string of the molecule is COC1CCC2C(C1)OC1C(NCCCn3ccnc3)C(F)CC3C(=O)C(C(=O)NCc4ccccc4)=CN2C31. The van der Waals surface area contributed by atoms with E-state index in [0.29, 0.717) is 19.5 Å². The number of fused-ring (bicyclic) bond motifs is 2. The van der Waals surface area contributed by atoms with Gasteiger partial charge >= 0.3 is 0 Å². The monoisotopic (exact) mass is 551 g/mol. The number of hydrogen-bond acceptors (Lipinski definition) is 7. The van der Waals surface area contributed by atoms with Crippen LogP contribution >= 0.6 is 0 Å². The molecule has 214 valence electrons. The Balaban J connectivity index is 1.23. The van der Waals surface area contributed by atoms with Crippen LogP contribution in [-0.4, -0.2) is 82.4 Å². The lowest BCUT2D eigenvalue weighted by molar-refractivity contribution is -0.206. The second-order valence-corrected chi connectivity index (χ2v) is 11.4. The van der Waals surface area contributed by atoms with Crippen LogP contribution in [0.25, 0.3) is 0 Å². The Labute approximate surface area is 234 Å². The zero-order valence-corrected chi connectivity index (χ0v) is 22.8. The van der Waals surface area contributed by atoms with Crippen LogP contribution in [-0.2, 0) is 32.2 Å². The average molecular weight is 552 g/mol. The maximum absolute atomic E-state index is 15.9. The number of halogens is 1. The van der Waals surface area contributed by atoms with Crippen LogP contribution in [0, 0.1) is 5.92 Å². The summed E-state index contributed by atoms with van der Waals surface area (Å²) in [6.45, 7) is 1.72. The third-order valence-corrected chi connectivity index (χ3v) is 9.03. The van der Waals surface area contributed by atoms with Gasteiger partial charge in [-0.15, -0.1) is 0 Å². The first kappa shape index (κ1) is 27.1. The van der Waals surface area contributed by atoms with Gasteiger partial charge in [-0.25, -0.2) is 9.37 Å². The summed E-state index contributed by atoms with van der Waals surface area (Å²) in [5.74, 6) is -1.33. The molecule has 8 atom stereocenters. The molecule has 0 bridgehead atoms. The van der Waals surface area contributed by atoms with Gasteiger partial charge in [0.05, 0.1) is 48.3 Å². The molecule has 10 heteroatoms. The minimum Gasteiger partial charge on any atom is -0.381 e. The Bertz CT molecular complexity index is 1210. The van der Waals surface area contributed by atoms with Gasteiger partial charge in [0.25, 0.3) is 5.91 Å². The molecule has 0 spiro atoms. The fourth-order valence-corrected chi connectivity index (χ4v) is 7.01. The number of nitrogens with zero attached hydrogens (tertiary/aromatic N) is 3. The highest BCUT2D eigenvalue weighted by Crippen LogP contribution is 2.45. The number of ether oxygens (including phenoxy) is 2. The number of Topliss-reactive ketones (excluding diaryl/α,β-unsaturated/α-hetero) is 1. The van der Waals surface area contributed by atoms with Crippen LogP contribution in [0.4, 0.5) is 4.39 Å². The predicted octanol–water partition coefficient (Wildman–Crippen LogP) is 2.38. The number of methoxy groups -OCH3 is 1. The van der Waals surface area contributed by atoms with Gasteiger partial charge in [0.1, 0.15) is 6.17 Å². The van der Waals surface area contributed by atoms with Gasteiger partial charge in [-0.1, -0.05) is 30.3 Å². The summed E-state index contributed by atoms with van der Waals surface area (Å²) in [6, 6.07) is 8.76. The second-order valence-electron chi connectivity index (χ2n) is 11.4. The van der Waals surface area contributed by atoms with Crippen molar-refractivity contribution >= 4 is 11.7 Å². The number of amides is 1. The molecule has 1 aromatic heterocycles. The first-order valence-electron chi connectivity index (χ1n) is 14.4. The summed E-state index contributed by atoms with van der Waals surface area (Å²) in [5.41, 5.74) is 1.06. The highest BCUT2D eigenvalue weighted by atomic mass is 19.1. The van der Waals surface area contributed by atoms with Crippen molar-refractivity contribution in [3.8, 4) is 0 Å². The number of alkyl halides is 1. The van der Waals surface area contributed by atoms with Gasteiger partial charge in [-0.05, 0) is 37.8 Å². The average Bonchev–Trinajstić information content (AvgIpc) is 3.50. The maximum atomic E-state index is 15.9. The summed E-state index contributed by atoms with van der Waals surface area (Å²) >= 11 is 0.